The molecule has 54 heavy (non-hydrogen) atoms. The molecule has 2 aromatic rings. The van der Waals surface area contributed by atoms with E-state index in [1.807, 2.05) is 20.8 Å². The fourth-order valence-electron chi connectivity index (χ4n) is 7.94. The average Bonchev–Trinajstić information content (AvgIpc) is 3.07. The van der Waals surface area contributed by atoms with Gasteiger partial charge in [0, 0.05) is 40.5 Å². The summed E-state index contributed by atoms with van der Waals surface area (Å²) in [7, 11) is 0. The summed E-state index contributed by atoms with van der Waals surface area (Å²) in [4.78, 5) is 45.0. The predicted molar refractivity (Wildman–Crippen MR) is 212 cm³/mol. The molecule has 0 spiro atoms. The van der Waals surface area contributed by atoms with Crippen LogP contribution in [0.15, 0.2) is 46.4 Å². The molecule has 2 aliphatic heterocycles. The number of thioether (sulfide) groups is 2. The van der Waals surface area contributed by atoms with Gasteiger partial charge < -0.3 is 15.2 Å². The molecule has 14 heteroatoms. The van der Waals surface area contributed by atoms with Crippen molar-refractivity contribution in [2.24, 2.45) is 21.8 Å². The summed E-state index contributed by atoms with van der Waals surface area (Å²) in [6.45, 7) is 11.0. The molecule has 10 nitrogen and oxygen atoms in total. The lowest BCUT2D eigenvalue weighted by atomic mass is 9.69. The molecule has 2 heterocycles. The van der Waals surface area contributed by atoms with E-state index in [1.54, 1.807) is 44.7 Å². The number of fused-ring (bicyclic) bond motifs is 2. The Morgan fingerprint density at radius 2 is 1.24 bits per heavy atom. The zero-order valence-electron chi connectivity index (χ0n) is 32.0. The van der Waals surface area contributed by atoms with Crippen LogP contribution >= 0.6 is 23.5 Å². The number of nitrogen functional groups attached to an aromatic ring is 1. The van der Waals surface area contributed by atoms with Crippen LogP contribution in [-0.4, -0.2) is 49.7 Å². The number of nitrogens with zero attached hydrogens (tertiary/aromatic N) is 3. The Labute approximate surface area is 325 Å². The topological polar surface area (TPSA) is 146 Å². The summed E-state index contributed by atoms with van der Waals surface area (Å²) in [5.41, 5.74) is 4.61. The van der Waals surface area contributed by atoms with Crippen LogP contribution in [0, 0.1) is 33.6 Å². The second kappa shape index (κ2) is 16.7. The van der Waals surface area contributed by atoms with Crippen LogP contribution in [0.5, 0.6) is 0 Å². The van der Waals surface area contributed by atoms with Crippen LogP contribution in [0.2, 0.25) is 0 Å². The Kier molecular flexibility index (Phi) is 12.9. The van der Waals surface area contributed by atoms with E-state index >= 15 is 0 Å². The molecular weight excluding hydrogens is 735 g/mol. The number of benzene rings is 2. The lowest BCUT2D eigenvalue weighted by Crippen LogP contribution is -2.42. The highest BCUT2D eigenvalue weighted by molar-refractivity contribution is 8.14. The second-order valence-corrected chi connectivity index (χ2v) is 18.7. The fraction of sp³-hybridized carbons (Fsp3) is 0.600. The van der Waals surface area contributed by atoms with Gasteiger partial charge in [0.1, 0.15) is 22.8 Å². The number of halogens is 2. The van der Waals surface area contributed by atoms with Crippen LogP contribution in [0.1, 0.15) is 117 Å². The molecule has 4 aliphatic rings. The zero-order chi connectivity index (χ0) is 39.5. The smallest absolute Gasteiger partial charge is 0.312 e. The van der Waals surface area contributed by atoms with E-state index in [1.165, 1.54) is 30.0 Å². The normalized spacial score (nSPS) is 25.4. The standard InChI is InChI=1S/C20H25FN2O4S.C20H27FN2O2S/c1-19(2,3)27-18(24)11-17-22-20(9-5-4-6-13(20)12-28-17)15-10-14(23(25)26)7-8-16(15)21;1-19(2,3)25-18(24)11-17-23-20(9-5-4-6-13(20)12-26-17)15-10-14(22)7-8-16(15)21/h7-8,10,13H,4-6,9,11-12H2,1-3H3;7-8,10,13H,4-6,9,11-12,22H2,1-3H3/t2*13-,20-/m00/s1. The Balaban J connectivity index is 0.000000208. The monoisotopic (exact) mass is 786 g/mol. The Morgan fingerprint density at radius 3 is 1.69 bits per heavy atom. The molecule has 0 unspecified atom stereocenters. The quantitative estimate of drug-likeness (QED) is 0.125. The number of carbonyl (C=O) groups excluding carboxylic acids is 2. The number of nitro groups is 1. The van der Waals surface area contributed by atoms with Crippen molar-refractivity contribution in [3.63, 3.8) is 0 Å². The third-order valence-corrected chi connectivity index (χ3v) is 12.4. The number of nitro benzene ring substituents is 1. The van der Waals surface area contributed by atoms with Gasteiger partial charge >= 0.3 is 11.9 Å². The zero-order valence-corrected chi connectivity index (χ0v) is 33.7. The number of esters is 2. The van der Waals surface area contributed by atoms with Gasteiger partial charge in [-0.15, -0.1) is 23.5 Å². The van der Waals surface area contributed by atoms with Gasteiger partial charge in [0.05, 0.1) is 38.9 Å². The molecule has 2 aliphatic carbocycles. The Hall–Kier alpha value is -3.52. The first-order chi connectivity index (χ1) is 25.3. The third kappa shape index (κ3) is 10.0. The van der Waals surface area contributed by atoms with E-state index in [0.717, 1.165) is 61.8 Å². The van der Waals surface area contributed by atoms with E-state index < -0.39 is 33.0 Å². The number of non-ortho nitro benzene ring substituents is 1. The molecule has 2 saturated carbocycles. The molecule has 0 bridgehead atoms. The number of ether oxygens (including phenoxy) is 2. The van der Waals surface area contributed by atoms with E-state index in [2.05, 4.69) is 0 Å². The van der Waals surface area contributed by atoms with Gasteiger partial charge in [-0.25, -0.2) is 8.78 Å². The minimum atomic E-state index is -0.850. The van der Waals surface area contributed by atoms with Gasteiger partial charge in [0.25, 0.3) is 5.69 Å². The first-order valence-electron chi connectivity index (χ1n) is 18.7. The van der Waals surface area contributed by atoms with Crippen molar-refractivity contribution in [2.45, 2.75) is 128 Å². The summed E-state index contributed by atoms with van der Waals surface area (Å²) >= 11 is 3.11. The highest BCUT2D eigenvalue weighted by Gasteiger charge is 2.48. The Morgan fingerprint density at radius 1 is 0.796 bits per heavy atom. The highest BCUT2D eigenvalue weighted by atomic mass is 32.2. The van der Waals surface area contributed by atoms with Crippen molar-refractivity contribution >= 4 is 56.9 Å². The summed E-state index contributed by atoms with van der Waals surface area (Å²) in [5, 5.41) is 12.6. The van der Waals surface area contributed by atoms with Gasteiger partial charge in [-0.1, -0.05) is 25.7 Å². The van der Waals surface area contributed by atoms with Crippen LogP contribution in [0.25, 0.3) is 0 Å². The Bertz CT molecular complexity index is 1810. The predicted octanol–water partition coefficient (Wildman–Crippen LogP) is 9.67. The third-order valence-electron chi connectivity index (χ3n) is 10.1. The van der Waals surface area contributed by atoms with Crippen molar-refractivity contribution < 1.29 is 32.8 Å². The number of nitrogens with two attached hydrogens (primary N) is 1. The molecule has 2 N–H and O–H groups in total. The SMILES string of the molecule is CC(C)(C)OC(=O)CC1=N[C@@]2(c3cc(N)ccc3F)CCCC[C@H]2CS1.CC(C)(C)OC(=O)CC1=N[C@@]2(c3cc([N+](=O)[O-])ccc3F)CCCC[C@H]2CS1. The summed E-state index contributed by atoms with van der Waals surface area (Å²) in [6, 6.07) is 8.37. The van der Waals surface area contributed by atoms with Crippen LogP contribution < -0.4 is 5.73 Å². The number of rotatable bonds is 7. The average molecular weight is 787 g/mol. The molecule has 2 aromatic carbocycles. The molecule has 294 valence electrons. The number of aliphatic imine (C=N–C) groups is 2. The first-order valence-corrected chi connectivity index (χ1v) is 20.6. The molecule has 0 amide bonds. The molecule has 2 fully saturated rings. The summed E-state index contributed by atoms with van der Waals surface area (Å²) in [6.07, 6.45) is 7.51. The molecule has 0 aromatic heterocycles. The molecule has 0 saturated heterocycles. The maximum Gasteiger partial charge on any atom is 0.312 e. The molecule has 0 radical (unpaired) electrons. The molecular formula is C40H52F2N4O6S2. The van der Waals surface area contributed by atoms with Crippen LogP contribution in [-0.2, 0) is 30.1 Å². The number of anilines is 1. The molecule has 6 rings (SSSR count). The lowest BCUT2D eigenvalue weighted by Gasteiger charge is -2.45. The van der Waals surface area contributed by atoms with Crippen molar-refractivity contribution in [1.82, 2.24) is 0 Å². The van der Waals surface area contributed by atoms with Gasteiger partial charge in [-0.05, 0) is 103 Å². The summed E-state index contributed by atoms with van der Waals surface area (Å²) in [5.74, 6) is 0.497. The number of hydrogen-bond donors (Lipinski definition) is 1. The highest BCUT2D eigenvalue weighted by Crippen LogP contribution is 2.52. The number of carbonyl (C=O) groups is 2. The number of hydrogen-bond acceptors (Lipinski definition) is 11. The van der Waals surface area contributed by atoms with Crippen LogP contribution in [0.3, 0.4) is 0 Å². The van der Waals surface area contributed by atoms with Crippen molar-refractivity contribution in [3.05, 3.63) is 69.3 Å². The minimum absolute atomic E-state index is 0.0347. The maximum absolute atomic E-state index is 14.8. The van der Waals surface area contributed by atoms with Crippen LogP contribution in [0.4, 0.5) is 20.2 Å². The fourth-order valence-corrected chi connectivity index (χ4v) is 10.5. The van der Waals surface area contributed by atoms with Gasteiger partial charge in [-0.3, -0.25) is 29.7 Å². The molecule has 4 atom stereocenters. The lowest BCUT2D eigenvalue weighted by molar-refractivity contribution is -0.385. The minimum Gasteiger partial charge on any atom is -0.460 e. The summed E-state index contributed by atoms with van der Waals surface area (Å²) < 4.78 is 40.3. The maximum atomic E-state index is 14.8. The second-order valence-electron chi connectivity index (χ2n) is 16.6. The van der Waals surface area contributed by atoms with Crippen molar-refractivity contribution in [2.75, 3.05) is 17.2 Å². The van der Waals surface area contributed by atoms with Crippen molar-refractivity contribution in [1.29, 1.82) is 0 Å². The van der Waals surface area contributed by atoms with Gasteiger partial charge in [0.2, 0.25) is 0 Å². The van der Waals surface area contributed by atoms with Crippen molar-refractivity contribution in [3.8, 4) is 0 Å². The van der Waals surface area contributed by atoms with E-state index in [-0.39, 0.29) is 53.7 Å². The van der Waals surface area contributed by atoms with Gasteiger partial charge in [0.15, 0.2) is 0 Å². The van der Waals surface area contributed by atoms with E-state index in [0.29, 0.717) is 28.5 Å². The van der Waals surface area contributed by atoms with Gasteiger partial charge in [-0.2, -0.15) is 0 Å². The first kappa shape index (κ1) is 41.6. The largest absolute Gasteiger partial charge is 0.460 e. The van der Waals surface area contributed by atoms with E-state index in [4.69, 9.17) is 25.2 Å². The van der Waals surface area contributed by atoms with E-state index in [9.17, 15) is 28.5 Å².